The second-order valence-electron chi connectivity index (χ2n) is 18.6. The van der Waals surface area contributed by atoms with Crippen LogP contribution in [-0.4, -0.2) is 47.4 Å². The molecule has 0 aliphatic heterocycles. The summed E-state index contributed by atoms with van der Waals surface area (Å²) in [6.07, 6.45) is 55.1. The number of hydrogen-bond donors (Lipinski definition) is 3. The van der Waals surface area contributed by atoms with E-state index in [1.807, 2.05) is 0 Å². The van der Waals surface area contributed by atoms with Crippen LogP contribution >= 0.6 is 0 Å². The number of hydrogen-bond acceptors (Lipinski definition) is 5. The molecular weight excluding hydrogens is 731 g/mol. The minimum atomic E-state index is -0.668. The molecule has 6 nitrogen and oxygen atoms in total. The maximum absolute atomic E-state index is 12.4. The number of esters is 1. The third-order valence-electron chi connectivity index (χ3n) is 12.7. The topological polar surface area (TPSA) is 95.9 Å². The van der Waals surface area contributed by atoms with Crippen molar-refractivity contribution in [3.63, 3.8) is 0 Å². The Kier molecular flexibility index (Phi) is 48.6. The summed E-state index contributed by atoms with van der Waals surface area (Å²) in [5.41, 5.74) is 0. The molecule has 352 valence electrons. The summed E-state index contributed by atoms with van der Waals surface area (Å²) in [5, 5.41) is 23.1. The second-order valence-corrected chi connectivity index (χ2v) is 18.6. The number of amides is 1. The fourth-order valence-electron chi connectivity index (χ4n) is 8.52. The summed E-state index contributed by atoms with van der Waals surface area (Å²) < 4.78 is 5.48. The minimum Gasteiger partial charge on any atom is -0.466 e. The fraction of sp³-hybridized carbons (Fsp3) is 0.962. The molecule has 2 unspecified atom stereocenters. The van der Waals surface area contributed by atoms with Crippen LogP contribution in [0, 0.1) is 0 Å². The number of carbonyl (C=O) groups is 2. The summed E-state index contributed by atoms with van der Waals surface area (Å²) in [7, 11) is 0. The lowest BCUT2D eigenvalue weighted by atomic mass is 10.0. The first kappa shape index (κ1) is 57.9. The molecule has 0 aliphatic rings. The first-order valence-electron chi connectivity index (χ1n) is 26.8. The highest BCUT2D eigenvalue weighted by Crippen LogP contribution is 2.17. The van der Waals surface area contributed by atoms with Crippen LogP contribution in [0.2, 0.25) is 0 Å². The minimum absolute atomic E-state index is 0.00222. The van der Waals surface area contributed by atoms with Crippen molar-refractivity contribution < 1.29 is 24.5 Å². The second kappa shape index (κ2) is 49.5. The first-order valence-corrected chi connectivity index (χ1v) is 26.8. The molecule has 0 radical (unpaired) electrons. The molecule has 0 aromatic carbocycles. The van der Waals surface area contributed by atoms with E-state index in [4.69, 9.17) is 4.74 Å². The third kappa shape index (κ3) is 46.2. The van der Waals surface area contributed by atoms with Crippen LogP contribution in [-0.2, 0) is 14.3 Å². The third-order valence-corrected chi connectivity index (χ3v) is 12.7. The van der Waals surface area contributed by atoms with Crippen LogP contribution in [0.5, 0.6) is 0 Å². The van der Waals surface area contributed by atoms with Gasteiger partial charge in [0.2, 0.25) is 5.91 Å². The molecule has 0 saturated heterocycles. The maximum Gasteiger partial charge on any atom is 0.305 e. The normalized spacial score (nSPS) is 12.5. The molecule has 0 heterocycles. The van der Waals surface area contributed by atoms with Gasteiger partial charge in [-0.3, -0.25) is 9.59 Å². The van der Waals surface area contributed by atoms with Gasteiger partial charge in [0.1, 0.15) is 0 Å². The van der Waals surface area contributed by atoms with Gasteiger partial charge in [-0.05, 0) is 25.7 Å². The van der Waals surface area contributed by atoms with Crippen molar-refractivity contribution >= 4 is 11.9 Å². The highest BCUT2D eigenvalue weighted by atomic mass is 16.5. The number of carbonyl (C=O) groups excluding carboxylic acids is 2. The summed E-state index contributed by atoms with van der Waals surface area (Å²) in [6, 6.07) is -0.546. The Morgan fingerprint density at radius 2 is 0.695 bits per heavy atom. The number of rotatable bonds is 50. The lowest BCUT2D eigenvalue weighted by Crippen LogP contribution is -2.45. The van der Waals surface area contributed by atoms with Crippen molar-refractivity contribution in [3.8, 4) is 0 Å². The summed E-state index contributed by atoms with van der Waals surface area (Å²) in [5.74, 6) is -0.0427. The molecule has 1 amide bonds. The molecule has 0 aliphatic carbocycles. The number of unbranched alkanes of at least 4 members (excludes halogenated alkanes) is 39. The average Bonchev–Trinajstić information content (AvgIpc) is 3.24. The zero-order chi connectivity index (χ0) is 43.0. The van der Waals surface area contributed by atoms with E-state index in [2.05, 4.69) is 19.2 Å². The Morgan fingerprint density at radius 1 is 0.407 bits per heavy atom. The molecule has 0 aromatic rings. The van der Waals surface area contributed by atoms with E-state index in [1.54, 1.807) is 0 Å². The molecule has 0 rings (SSSR count). The van der Waals surface area contributed by atoms with E-state index in [9.17, 15) is 19.8 Å². The first-order chi connectivity index (χ1) is 29.0. The molecule has 0 saturated carbocycles. The quantitative estimate of drug-likeness (QED) is 0.0419. The van der Waals surface area contributed by atoms with Crippen LogP contribution in [0.4, 0.5) is 0 Å². The number of aliphatic hydroxyl groups is 2. The van der Waals surface area contributed by atoms with Crippen molar-refractivity contribution in [2.45, 2.75) is 315 Å². The van der Waals surface area contributed by atoms with E-state index in [-0.39, 0.29) is 18.5 Å². The van der Waals surface area contributed by atoms with Crippen molar-refractivity contribution in [1.29, 1.82) is 0 Å². The van der Waals surface area contributed by atoms with Gasteiger partial charge in [0.05, 0.1) is 25.4 Å². The Balaban J connectivity index is 3.39. The van der Waals surface area contributed by atoms with E-state index in [0.717, 1.165) is 51.4 Å². The Hall–Kier alpha value is -1.14. The van der Waals surface area contributed by atoms with Crippen molar-refractivity contribution in [2.75, 3.05) is 13.2 Å². The van der Waals surface area contributed by atoms with E-state index < -0.39 is 12.1 Å². The Bertz CT molecular complexity index is 837. The summed E-state index contributed by atoms with van der Waals surface area (Å²) >= 11 is 0. The predicted molar refractivity (Wildman–Crippen MR) is 255 cm³/mol. The molecule has 0 aromatic heterocycles. The predicted octanol–water partition coefficient (Wildman–Crippen LogP) is 16.0. The zero-order valence-electron chi connectivity index (χ0n) is 40.0. The average molecular weight is 836 g/mol. The molecule has 6 heteroatoms. The van der Waals surface area contributed by atoms with E-state index in [0.29, 0.717) is 25.9 Å². The van der Waals surface area contributed by atoms with Gasteiger partial charge < -0.3 is 20.3 Å². The molecular formula is C53H105NO5. The van der Waals surface area contributed by atoms with Gasteiger partial charge in [-0.2, -0.15) is 0 Å². The zero-order valence-corrected chi connectivity index (χ0v) is 40.0. The molecule has 0 fully saturated rings. The van der Waals surface area contributed by atoms with Crippen LogP contribution in [0.25, 0.3) is 0 Å². The molecule has 3 N–H and O–H groups in total. The van der Waals surface area contributed by atoms with Gasteiger partial charge in [-0.25, -0.2) is 0 Å². The monoisotopic (exact) mass is 836 g/mol. The molecule has 0 bridgehead atoms. The Morgan fingerprint density at radius 3 is 1.03 bits per heavy atom. The summed E-state index contributed by atoms with van der Waals surface area (Å²) in [6.45, 7) is 4.94. The van der Waals surface area contributed by atoms with Crippen molar-refractivity contribution in [2.24, 2.45) is 0 Å². The Labute approximate surface area is 368 Å². The smallest absolute Gasteiger partial charge is 0.305 e. The molecule has 59 heavy (non-hydrogen) atoms. The highest BCUT2D eigenvalue weighted by Gasteiger charge is 2.20. The van der Waals surface area contributed by atoms with Crippen LogP contribution in [0.1, 0.15) is 303 Å². The van der Waals surface area contributed by atoms with Crippen LogP contribution < -0.4 is 5.32 Å². The fourth-order valence-corrected chi connectivity index (χ4v) is 8.52. The molecule has 0 spiro atoms. The van der Waals surface area contributed by atoms with Crippen molar-refractivity contribution in [3.05, 3.63) is 0 Å². The van der Waals surface area contributed by atoms with Gasteiger partial charge in [-0.15, -0.1) is 0 Å². The largest absolute Gasteiger partial charge is 0.466 e. The van der Waals surface area contributed by atoms with E-state index in [1.165, 1.54) is 218 Å². The highest BCUT2D eigenvalue weighted by molar-refractivity contribution is 5.76. The molecule has 2 atom stereocenters. The summed E-state index contributed by atoms with van der Waals surface area (Å²) in [4.78, 5) is 24.5. The SMILES string of the molecule is CCCCCCCCCCCCCCCCCCCC(=O)OCCCCCCCCCCCCCCCCC(=O)NC(CO)C(O)CCCCCCCCCCCCC. The van der Waals surface area contributed by atoms with Gasteiger partial charge in [0, 0.05) is 12.8 Å². The standard InChI is InChI=1S/C53H105NO5/c1-3-5-7-9-11-13-15-16-17-18-19-23-27-31-35-39-43-47-53(58)59-48-44-40-36-32-28-24-21-20-22-26-30-34-38-42-46-52(57)54-50(49-55)51(56)45-41-37-33-29-25-14-12-10-8-6-4-2/h50-51,55-56H,3-49H2,1-2H3,(H,54,57). The van der Waals surface area contributed by atoms with Crippen molar-refractivity contribution in [1.82, 2.24) is 5.32 Å². The lowest BCUT2D eigenvalue weighted by molar-refractivity contribution is -0.143. The van der Waals surface area contributed by atoms with Crippen LogP contribution in [0.3, 0.4) is 0 Å². The number of nitrogens with one attached hydrogen (secondary N) is 1. The van der Waals surface area contributed by atoms with Gasteiger partial charge in [0.25, 0.3) is 0 Å². The van der Waals surface area contributed by atoms with Gasteiger partial charge >= 0.3 is 5.97 Å². The van der Waals surface area contributed by atoms with Gasteiger partial charge in [0.15, 0.2) is 0 Å². The number of ether oxygens (including phenoxy) is 1. The maximum atomic E-state index is 12.4. The lowest BCUT2D eigenvalue weighted by Gasteiger charge is -2.22. The van der Waals surface area contributed by atoms with Crippen LogP contribution in [0.15, 0.2) is 0 Å². The van der Waals surface area contributed by atoms with Gasteiger partial charge in [-0.1, -0.05) is 264 Å². The van der Waals surface area contributed by atoms with E-state index >= 15 is 0 Å². The number of aliphatic hydroxyl groups excluding tert-OH is 2.